The molecule has 2 aromatic carbocycles. The van der Waals surface area contributed by atoms with Gasteiger partial charge in [-0.05, 0) is 49.7 Å². The standard InChI is InChI=1S/C21H23NO2S.ClH/c23-18-15-16-7-2-3-10-20(16)25-21-17(18)8-6-9-19(21)24-14-13-22-11-4-1-5-12-22;/h2-3,6-10H,1,4-5,11-15H2;1H. The second kappa shape index (κ2) is 8.94. The lowest BCUT2D eigenvalue weighted by atomic mass is 10.0. The monoisotopic (exact) mass is 389 g/mol. The average molecular weight is 390 g/mol. The van der Waals surface area contributed by atoms with Crippen LogP contribution in [0.25, 0.3) is 0 Å². The van der Waals surface area contributed by atoms with Gasteiger partial charge in [0.2, 0.25) is 0 Å². The second-order valence-corrected chi connectivity index (χ2v) is 7.75. The van der Waals surface area contributed by atoms with Crippen molar-refractivity contribution in [2.75, 3.05) is 26.2 Å². The zero-order valence-electron chi connectivity index (χ0n) is 14.8. The number of ether oxygens (including phenoxy) is 1. The number of carbonyl (C=O) groups is 1. The van der Waals surface area contributed by atoms with E-state index in [1.807, 2.05) is 36.4 Å². The van der Waals surface area contributed by atoms with Crippen LogP contribution in [0.4, 0.5) is 0 Å². The van der Waals surface area contributed by atoms with Crippen LogP contribution in [-0.4, -0.2) is 36.9 Å². The van der Waals surface area contributed by atoms with Crippen molar-refractivity contribution in [1.29, 1.82) is 0 Å². The quantitative estimate of drug-likeness (QED) is 0.746. The summed E-state index contributed by atoms with van der Waals surface area (Å²) in [5.74, 6) is 1.01. The number of hydrogen-bond donors (Lipinski definition) is 0. The fraction of sp³-hybridized carbons (Fsp3) is 0.381. The molecule has 138 valence electrons. The van der Waals surface area contributed by atoms with Crippen LogP contribution in [0.5, 0.6) is 5.75 Å². The molecule has 4 rings (SSSR count). The van der Waals surface area contributed by atoms with Crippen molar-refractivity contribution in [2.24, 2.45) is 0 Å². The molecule has 5 heteroatoms. The summed E-state index contributed by atoms with van der Waals surface area (Å²) in [5, 5.41) is 0. The third-order valence-electron chi connectivity index (χ3n) is 4.93. The highest BCUT2D eigenvalue weighted by Crippen LogP contribution is 2.42. The number of fused-ring (bicyclic) bond motifs is 2. The summed E-state index contributed by atoms with van der Waals surface area (Å²) < 4.78 is 6.11. The Bertz CT molecular complexity index is 774. The summed E-state index contributed by atoms with van der Waals surface area (Å²) in [4.78, 5) is 17.3. The Morgan fingerprint density at radius 2 is 1.81 bits per heavy atom. The van der Waals surface area contributed by atoms with Crippen LogP contribution >= 0.6 is 24.2 Å². The summed E-state index contributed by atoms with van der Waals surface area (Å²) >= 11 is 1.66. The minimum atomic E-state index is 0. The normalized spacial score (nSPS) is 16.8. The van der Waals surface area contributed by atoms with E-state index in [0.717, 1.165) is 33.2 Å². The van der Waals surface area contributed by atoms with Gasteiger partial charge < -0.3 is 4.74 Å². The largest absolute Gasteiger partial charge is 0.491 e. The lowest BCUT2D eigenvalue weighted by molar-refractivity contribution is 0.0989. The molecule has 0 aromatic heterocycles. The third-order valence-corrected chi connectivity index (χ3v) is 6.17. The first-order valence-electron chi connectivity index (χ1n) is 9.08. The van der Waals surface area contributed by atoms with Gasteiger partial charge in [0, 0.05) is 23.4 Å². The molecule has 0 N–H and O–H groups in total. The van der Waals surface area contributed by atoms with Crippen molar-refractivity contribution < 1.29 is 9.53 Å². The van der Waals surface area contributed by atoms with Gasteiger partial charge in [0.15, 0.2) is 5.78 Å². The smallest absolute Gasteiger partial charge is 0.168 e. The predicted molar refractivity (Wildman–Crippen MR) is 108 cm³/mol. The van der Waals surface area contributed by atoms with Gasteiger partial charge in [-0.25, -0.2) is 0 Å². The van der Waals surface area contributed by atoms with Crippen molar-refractivity contribution in [3.63, 3.8) is 0 Å². The molecule has 0 saturated carbocycles. The van der Waals surface area contributed by atoms with E-state index in [1.54, 1.807) is 11.8 Å². The summed E-state index contributed by atoms with van der Waals surface area (Å²) in [7, 11) is 0. The van der Waals surface area contributed by atoms with E-state index in [-0.39, 0.29) is 18.2 Å². The van der Waals surface area contributed by atoms with Crippen LogP contribution in [0.2, 0.25) is 0 Å². The van der Waals surface area contributed by atoms with Crippen LogP contribution < -0.4 is 4.74 Å². The molecule has 0 spiro atoms. The maximum Gasteiger partial charge on any atom is 0.168 e. The van der Waals surface area contributed by atoms with Gasteiger partial charge in [-0.2, -0.15) is 0 Å². The van der Waals surface area contributed by atoms with Crippen molar-refractivity contribution in [2.45, 2.75) is 35.5 Å². The van der Waals surface area contributed by atoms with Crippen LogP contribution in [0, 0.1) is 0 Å². The highest BCUT2D eigenvalue weighted by atomic mass is 35.5. The molecule has 1 fully saturated rings. The maximum atomic E-state index is 12.7. The van der Waals surface area contributed by atoms with E-state index >= 15 is 0 Å². The Kier molecular flexibility index (Phi) is 6.63. The van der Waals surface area contributed by atoms with Gasteiger partial charge in [0.1, 0.15) is 12.4 Å². The van der Waals surface area contributed by atoms with Crippen LogP contribution in [0.15, 0.2) is 52.3 Å². The lowest BCUT2D eigenvalue weighted by Crippen LogP contribution is -2.33. The van der Waals surface area contributed by atoms with E-state index in [2.05, 4.69) is 11.0 Å². The zero-order valence-corrected chi connectivity index (χ0v) is 16.4. The van der Waals surface area contributed by atoms with Gasteiger partial charge in [0.05, 0.1) is 4.90 Å². The van der Waals surface area contributed by atoms with Crippen molar-refractivity contribution in [3.8, 4) is 5.75 Å². The van der Waals surface area contributed by atoms with Gasteiger partial charge in [-0.3, -0.25) is 9.69 Å². The SMILES string of the molecule is Cl.O=C1Cc2ccccc2Sc2c(OCCN3CCCCC3)cccc21. The number of hydrogen-bond acceptors (Lipinski definition) is 4. The number of ketones is 1. The maximum absolute atomic E-state index is 12.7. The summed E-state index contributed by atoms with van der Waals surface area (Å²) in [5.41, 5.74) is 1.89. The third kappa shape index (κ3) is 4.25. The van der Waals surface area contributed by atoms with Gasteiger partial charge in [-0.15, -0.1) is 12.4 Å². The first-order chi connectivity index (χ1) is 12.3. The van der Waals surface area contributed by atoms with Gasteiger partial charge in [-0.1, -0.05) is 42.4 Å². The number of Topliss-reactive ketones (excluding diaryl/α,β-unsaturated/α-hetero) is 1. The summed E-state index contributed by atoms with van der Waals surface area (Å²) in [6.07, 6.45) is 4.40. The summed E-state index contributed by atoms with van der Waals surface area (Å²) in [6, 6.07) is 14.0. The number of nitrogens with zero attached hydrogens (tertiary/aromatic N) is 1. The molecule has 0 unspecified atom stereocenters. The first-order valence-corrected chi connectivity index (χ1v) is 9.90. The van der Waals surface area contributed by atoms with Crippen molar-refractivity contribution in [1.82, 2.24) is 4.90 Å². The van der Waals surface area contributed by atoms with E-state index in [9.17, 15) is 4.79 Å². The number of benzene rings is 2. The molecule has 2 aliphatic rings. The van der Waals surface area contributed by atoms with Gasteiger partial charge >= 0.3 is 0 Å². The average Bonchev–Trinajstić information content (AvgIpc) is 2.79. The van der Waals surface area contributed by atoms with E-state index in [1.165, 1.54) is 32.4 Å². The van der Waals surface area contributed by atoms with Crippen LogP contribution in [0.1, 0.15) is 35.2 Å². The minimum absolute atomic E-state index is 0. The van der Waals surface area contributed by atoms with E-state index < -0.39 is 0 Å². The molecule has 2 aromatic rings. The number of likely N-dealkylation sites (tertiary alicyclic amines) is 1. The number of piperidine rings is 1. The molecule has 0 amide bonds. The molecule has 3 nitrogen and oxygen atoms in total. The molecule has 26 heavy (non-hydrogen) atoms. The highest BCUT2D eigenvalue weighted by Gasteiger charge is 2.23. The molecular weight excluding hydrogens is 366 g/mol. The molecule has 0 aliphatic carbocycles. The topological polar surface area (TPSA) is 29.5 Å². The Morgan fingerprint density at radius 3 is 2.65 bits per heavy atom. The molecule has 0 radical (unpaired) electrons. The lowest BCUT2D eigenvalue weighted by Gasteiger charge is -2.26. The minimum Gasteiger partial charge on any atom is -0.491 e. The van der Waals surface area contributed by atoms with Crippen LogP contribution in [-0.2, 0) is 6.42 Å². The van der Waals surface area contributed by atoms with Crippen LogP contribution in [0.3, 0.4) is 0 Å². The Morgan fingerprint density at radius 1 is 1.00 bits per heavy atom. The van der Waals surface area contributed by atoms with Crippen molar-refractivity contribution in [3.05, 3.63) is 53.6 Å². The molecule has 1 saturated heterocycles. The summed E-state index contributed by atoms with van der Waals surface area (Å²) in [6.45, 7) is 3.99. The highest BCUT2D eigenvalue weighted by molar-refractivity contribution is 7.99. The van der Waals surface area contributed by atoms with E-state index in [0.29, 0.717) is 13.0 Å². The van der Waals surface area contributed by atoms with Gasteiger partial charge in [0.25, 0.3) is 0 Å². The number of halogens is 1. The Hall–Kier alpha value is -1.49. The molecule has 0 atom stereocenters. The fourth-order valence-corrected chi connectivity index (χ4v) is 4.71. The Balaban J connectivity index is 0.00000196. The second-order valence-electron chi connectivity index (χ2n) is 6.69. The molecular formula is C21H24ClNO2S. The number of carbonyl (C=O) groups excluding carboxylic acids is 1. The first kappa shape index (κ1) is 19.3. The molecule has 2 aliphatic heterocycles. The Labute approximate surface area is 165 Å². The zero-order chi connectivity index (χ0) is 17.1. The van der Waals surface area contributed by atoms with E-state index in [4.69, 9.17) is 4.74 Å². The van der Waals surface area contributed by atoms with Crippen molar-refractivity contribution >= 4 is 30.0 Å². The molecule has 2 heterocycles. The fourth-order valence-electron chi connectivity index (χ4n) is 3.55. The molecule has 0 bridgehead atoms. The predicted octanol–water partition coefficient (Wildman–Crippen LogP) is 4.86. The number of rotatable bonds is 4.